The second-order valence-electron chi connectivity index (χ2n) is 7.73. The zero-order valence-electron chi connectivity index (χ0n) is 17.3. The molecular weight excluding hydrogens is 442 g/mol. The van der Waals surface area contributed by atoms with Crippen LogP contribution in [0.5, 0.6) is 10.9 Å². The third-order valence-corrected chi connectivity index (χ3v) is 5.92. The number of ether oxygens (including phenoxy) is 2. The lowest BCUT2D eigenvalue weighted by Crippen LogP contribution is -2.29. The molecule has 30 heavy (non-hydrogen) atoms. The number of aromatic nitrogens is 4. The SMILES string of the molecule is COc1cnccc1-c1cc(C)nc(Cl)c1C(=O)Nc1nnc(OC[Si](C)(C)C)s1. The normalized spacial score (nSPS) is 11.3. The molecule has 0 saturated heterocycles. The molecule has 3 aromatic heterocycles. The summed E-state index contributed by atoms with van der Waals surface area (Å²) in [6.45, 7) is 8.38. The van der Waals surface area contributed by atoms with E-state index in [2.05, 4.69) is 45.1 Å². The van der Waals surface area contributed by atoms with Gasteiger partial charge in [0, 0.05) is 23.0 Å². The van der Waals surface area contributed by atoms with Gasteiger partial charge in [0.05, 0.1) is 33.2 Å². The summed E-state index contributed by atoms with van der Waals surface area (Å²) in [4.78, 5) is 21.4. The first-order valence-electron chi connectivity index (χ1n) is 9.11. The van der Waals surface area contributed by atoms with Gasteiger partial charge < -0.3 is 9.47 Å². The highest BCUT2D eigenvalue weighted by atomic mass is 35.5. The highest BCUT2D eigenvalue weighted by Crippen LogP contribution is 2.35. The summed E-state index contributed by atoms with van der Waals surface area (Å²) in [5.41, 5.74) is 2.15. The van der Waals surface area contributed by atoms with Crippen molar-refractivity contribution in [1.29, 1.82) is 0 Å². The number of carbonyl (C=O) groups excluding carboxylic acids is 1. The summed E-state index contributed by atoms with van der Waals surface area (Å²) in [5.74, 6) is 0.0698. The van der Waals surface area contributed by atoms with Gasteiger partial charge in [-0.1, -0.05) is 36.3 Å². The molecule has 0 bridgehead atoms. The van der Waals surface area contributed by atoms with Crippen molar-refractivity contribution in [2.24, 2.45) is 0 Å². The first kappa shape index (κ1) is 22.1. The largest absolute Gasteiger partial charge is 0.494 e. The van der Waals surface area contributed by atoms with E-state index in [1.807, 2.05) is 0 Å². The smallest absolute Gasteiger partial charge is 0.295 e. The molecule has 0 aliphatic carbocycles. The standard InChI is InChI=1S/C19H22ClN5O3SSi/c1-11-8-13(12-6-7-21-9-14(12)27-2)15(16(20)22-11)17(26)23-18-24-25-19(29-18)28-10-30(3,4)5/h6-9H,10H2,1-5H3,(H,23,24,26). The number of nitrogens with zero attached hydrogens (tertiary/aromatic N) is 4. The number of hydrogen-bond donors (Lipinski definition) is 1. The molecule has 0 radical (unpaired) electrons. The Hall–Kier alpha value is -2.56. The molecule has 3 heterocycles. The first-order valence-corrected chi connectivity index (χ1v) is 14.0. The lowest BCUT2D eigenvalue weighted by molar-refractivity contribution is 0.102. The monoisotopic (exact) mass is 463 g/mol. The van der Waals surface area contributed by atoms with Crippen molar-refractivity contribution in [2.75, 3.05) is 18.7 Å². The number of pyridine rings is 2. The number of amides is 1. The summed E-state index contributed by atoms with van der Waals surface area (Å²) in [7, 11) is 0.145. The molecule has 11 heteroatoms. The molecule has 1 amide bonds. The molecule has 0 unspecified atom stereocenters. The molecule has 3 rings (SSSR count). The average Bonchev–Trinajstić information content (AvgIpc) is 3.12. The fourth-order valence-electron chi connectivity index (χ4n) is 2.59. The molecule has 8 nitrogen and oxygen atoms in total. The van der Waals surface area contributed by atoms with Crippen LogP contribution in [0, 0.1) is 6.92 Å². The number of nitrogens with one attached hydrogen (secondary N) is 1. The van der Waals surface area contributed by atoms with Crippen LogP contribution in [0.15, 0.2) is 24.5 Å². The van der Waals surface area contributed by atoms with Gasteiger partial charge in [0.1, 0.15) is 10.9 Å². The van der Waals surface area contributed by atoms with E-state index in [0.717, 1.165) is 11.3 Å². The summed E-state index contributed by atoms with van der Waals surface area (Å²) in [6, 6.07) is 3.54. The van der Waals surface area contributed by atoms with Crippen molar-refractivity contribution in [3.05, 3.63) is 40.9 Å². The van der Waals surface area contributed by atoms with Crippen LogP contribution in [-0.4, -0.2) is 47.5 Å². The van der Waals surface area contributed by atoms with Crippen LogP contribution >= 0.6 is 22.9 Å². The van der Waals surface area contributed by atoms with Crippen molar-refractivity contribution < 1.29 is 14.3 Å². The molecule has 0 aliphatic rings. The lowest BCUT2D eigenvalue weighted by atomic mass is 10.0. The van der Waals surface area contributed by atoms with Crippen molar-refractivity contribution >= 4 is 42.1 Å². The van der Waals surface area contributed by atoms with Gasteiger partial charge >= 0.3 is 0 Å². The topological polar surface area (TPSA) is 99.1 Å². The van der Waals surface area contributed by atoms with Crippen LogP contribution in [-0.2, 0) is 0 Å². The minimum Gasteiger partial charge on any atom is -0.494 e. The molecular formula is C19H22ClN5O3SSi. The number of aryl methyl sites for hydroxylation is 1. The van der Waals surface area contributed by atoms with E-state index in [1.165, 1.54) is 0 Å². The Bertz CT molecular complexity index is 1070. The molecule has 158 valence electrons. The summed E-state index contributed by atoms with van der Waals surface area (Å²) in [5, 5.41) is 11.5. The van der Waals surface area contributed by atoms with E-state index < -0.39 is 14.0 Å². The molecule has 1 N–H and O–H groups in total. The predicted molar refractivity (Wildman–Crippen MR) is 120 cm³/mol. The predicted octanol–water partition coefficient (Wildman–Crippen LogP) is 4.47. The van der Waals surface area contributed by atoms with Gasteiger partial charge in [-0.25, -0.2) is 4.98 Å². The number of rotatable bonds is 7. The average molecular weight is 464 g/mol. The van der Waals surface area contributed by atoms with E-state index in [-0.39, 0.29) is 10.7 Å². The molecule has 0 atom stereocenters. The van der Waals surface area contributed by atoms with Gasteiger partial charge in [-0.2, -0.15) is 0 Å². The van der Waals surface area contributed by atoms with Crippen molar-refractivity contribution in [3.63, 3.8) is 0 Å². The van der Waals surface area contributed by atoms with E-state index in [9.17, 15) is 4.79 Å². The van der Waals surface area contributed by atoms with Crippen LogP contribution in [0.2, 0.25) is 24.8 Å². The Morgan fingerprint density at radius 1 is 1.27 bits per heavy atom. The van der Waals surface area contributed by atoms with Gasteiger partial charge in [0.25, 0.3) is 11.1 Å². The fourth-order valence-corrected chi connectivity index (χ4v) is 4.17. The number of carbonyl (C=O) groups is 1. The number of hydrogen-bond acceptors (Lipinski definition) is 8. The lowest BCUT2D eigenvalue weighted by Gasteiger charge is -2.14. The van der Waals surface area contributed by atoms with Crippen molar-refractivity contribution in [3.8, 4) is 22.1 Å². The van der Waals surface area contributed by atoms with E-state index in [0.29, 0.717) is 39.1 Å². The maximum atomic E-state index is 13.1. The molecule has 0 aliphatic heterocycles. The van der Waals surface area contributed by atoms with Gasteiger partial charge in [-0.15, -0.1) is 5.10 Å². The zero-order valence-corrected chi connectivity index (χ0v) is 19.9. The second-order valence-corrected chi connectivity index (χ2v) is 14.4. The highest BCUT2D eigenvalue weighted by molar-refractivity contribution is 7.17. The summed E-state index contributed by atoms with van der Waals surface area (Å²) < 4.78 is 11.1. The second kappa shape index (κ2) is 9.07. The van der Waals surface area contributed by atoms with Gasteiger partial charge in [0.15, 0.2) is 0 Å². The Balaban J connectivity index is 1.91. The maximum Gasteiger partial charge on any atom is 0.295 e. The van der Waals surface area contributed by atoms with Crippen molar-refractivity contribution in [1.82, 2.24) is 20.2 Å². The Morgan fingerprint density at radius 2 is 2.03 bits per heavy atom. The molecule has 0 aromatic carbocycles. The Labute approximate surface area is 184 Å². The van der Waals surface area contributed by atoms with Gasteiger partial charge in [0.2, 0.25) is 5.13 Å². The van der Waals surface area contributed by atoms with Crippen molar-refractivity contribution in [2.45, 2.75) is 26.6 Å². The van der Waals surface area contributed by atoms with E-state index in [1.54, 1.807) is 38.6 Å². The minimum absolute atomic E-state index is 0.0843. The zero-order chi connectivity index (χ0) is 21.9. The third kappa shape index (κ3) is 5.32. The van der Waals surface area contributed by atoms with Crippen LogP contribution in [0.4, 0.5) is 5.13 Å². The summed E-state index contributed by atoms with van der Waals surface area (Å²) in [6.07, 6.45) is 3.82. The van der Waals surface area contributed by atoms with Crippen LogP contribution < -0.4 is 14.8 Å². The van der Waals surface area contributed by atoms with Crippen LogP contribution in [0.25, 0.3) is 11.1 Å². The Morgan fingerprint density at radius 3 is 2.73 bits per heavy atom. The molecule has 0 fully saturated rings. The van der Waals surface area contributed by atoms with Gasteiger partial charge in [-0.05, 0) is 30.4 Å². The molecule has 0 saturated carbocycles. The fraction of sp³-hybridized carbons (Fsp3) is 0.316. The van der Waals surface area contributed by atoms with Crippen LogP contribution in [0.3, 0.4) is 0 Å². The molecule has 0 spiro atoms. The number of halogens is 1. The minimum atomic E-state index is -1.40. The Kier molecular flexibility index (Phi) is 6.69. The number of methoxy groups -OCH3 is 1. The highest BCUT2D eigenvalue weighted by Gasteiger charge is 2.23. The van der Waals surface area contributed by atoms with Crippen LogP contribution in [0.1, 0.15) is 16.1 Å². The first-order chi connectivity index (χ1) is 14.2. The van der Waals surface area contributed by atoms with E-state index >= 15 is 0 Å². The quantitative estimate of drug-likeness (QED) is 0.407. The maximum absolute atomic E-state index is 13.1. The number of anilines is 1. The molecule has 3 aromatic rings. The third-order valence-electron chi connectivity index (χ3n) is 3.88. The summed E-state index contributed by atoms with van der Waals surface area (Å²) >= 11 is 7.53. The van der Waals surface area contributed by atoms with E-state index in [4.69, 9.17) is 21.1 Å². The van der Waals surface area contributed by atoms with Gasteiger partial charge in [-0.3, -0.25) is 15.1 Å².